The molecule has 0 aliphatic carbocycles. The van der Waals surface area contributed by atoms with E-state index in [1.165, 1.54) is 0 Å². The third-order valence-electron chi connectivity index (χ3n) is 2.97. The molecule has 2 atom stereocenters. The number of nitrogens with zero attached hydrogens (tertiary/aromatic N) is 1. The van der Waals surface area contributed by atoms with Gasteiger partial charge in [-0.1, -0.05) is 12.1 Å². The first-order valence-corrected chi connectivity index (χ1v) is 6.06. The number of morpholine rings is 1. The number of hydrogen-bond acceptors (Lipinski definition) is 4. The van der Waals surface area contributed by atoms with E-state index in [1.54, 1.807) is 24.3 Å². The van der Waals surface area contributed by atoms with Gasteiger partial charge in [-0.15, -0.1) is 0 Å². The van der Waals surface area contributed by atoms with Gasteiger partial charge in [0.1, 0.15) is 0 Å². The first kappa shape index (κ1) is 12.7. The molecule has 1 aliphatic heterocycles. The molecule has 2 rings (SSSR count). The number of nitriles is 1. The van der Waals surface area contributed by atoms with Crippen molar-refractivity contribution in [3.8, 4) is 6.07 Å². The molecule has 4 heteroatoms. The number of carbonyl (C=O) groups is 1. The standard InChI is InChI=1S/C14H16N2O2/c1-10-8-18-9-13(16-10)6-14(17)12-4-2-11(7-15)3-5-12/h2-5,10,13,16H,6,8-9H2,1H3. The van der Waals surface area contributed by atoms with Crippen LogP contribution in [0.5, 0.6) is 0 Å². The Hall–Kier alpha value is -1.70. The van der Waals surface area contributed by atoms with Crippen LogP contribution in [0.4, 0.5) is 0 Å². The van der Waals surface area contributed by atoms with Crippen molar-refractivity contribution in [1.29, 1.82) is 5.26 Å². The van der Waals surface area contributed by atoms with Crippen LogP contribution in [0.15, 0.2) is 24.3 Å². The molecule has 0 spiro atoms. The van der Waals surface area contributed by atoms with Crippen molar-refractivity contribution in [3.05, 3.63) is 35.4 Å². The van der Waals surface area contributed by atoms with E-state index in [-0.39, 0.29) is 17.9 Å². The highest BCUT2D eigenvalue weighted by Gasteiger charge is 2.21. The molecule has 1 N–H and O–H groups in total. The van der Waals surface area contributed by atoms with Gasteiger partial charge < -0.3 is 10.1 Å². The van der Waals surface area contributed by atoms with Crippen molar-refractivity contribution in [3.63, 3.8) is 0 Å². The number of rotatable bonds is 3. The average Bonchev–Trinajstić information content (AvgIpc) is 2.39. The molecule has 4 nitrogen and oxygen atoms in total. The van der Waals surface area contributed by atoms with Crippen molar-refractivity contribution in [1.82, 2.24) is 5.32 Å². The van der Waals surface area contributed by atoms with Gasteiger partial charge in [0.05, 0.1) is 24.8 Å². The minimum Gasteiger partial charge on any atom is -0.378 e. The molecule has 0 amide bonds. The fourth-order valence-electron chi connectivity index (χ4n) is 2.08. The average molecular weight is 244 g/mol. The molecule has 0 radical (unpaired) electrons. The fraction of sp³-hybridized carbons (Fsp3) is 0.429. The van der Waals surface area contributed by atoms with E-state index in [1.807, 2.05) is 13.0 Å². The van der Waals surface area contributed by atoms with E-state index in [4.69, 9.17) is 10.00 Å². The Morgan fingerprint density at radius 3 is 2.78 bits per heavy atom. The topological polar surface area (TPSA) is 62.1 Å². The Morgan fingerprint density at radius 2 is 2.17 bits per heavy atom. The zero-order chi connectivity index (χ0) is 13.0. The Kier molecular flexibility index (Phi) is 4.08. The molecule has 94 valence electrons. The molecule has 18 heavy (non-hydrogen) atoms. The van der Waals surface area contributed by atoms with Crippen LogP contribution in [0.3, 0.4) is 0 Å². The highest BCUT2D eigenvalue weighted by Crippen LogP contribution is 2.10. The molecule has 0 aromatic heterocycles. The fourth-order valence-corrected chi connectivity index (χ4v) is 2.08. The monoisotopic (exact) mass is 244 g/mol. The van der Waals surface area contributed by atoms with Gasteiger partial charge in [-0.25, -0.2) is 0 Å². The van der Waals surface area contributed by atoms with E-state index >= 15 is 0 Å². The third kappa shape index (κ3) is 3.16. The lowest BCUT2D eigenvalue weighted by Gasteiger charge is -2.28. The van der Waals surface area contributed by atoms with Crippen molar-refractivity contribution >= 4 is 5.78 Å². The van der Waals surface area contributed by atoms with Crippen molar-refractivity contribution in [2.75, 3.05) is 13.2 Å². The van der Waals surface area contributed by atoms with Crippen LogP contribution >= 0.6 is 0 Å². The Bertz CT molecular complexity index is 462. The van der Waals surface area contributed by atoms with E-state index < -0.39 is 0 Å². The summed E-state index contributed by atoms with van der Waals surface area (Å²) in [6, 6.07) is 9.15. The summed E-state index contributed by atoms with van der Waals surface area (Å²) in [6.07, 6.45) is 0.427. The van der Waals surface area contributed by atoms with Crippen molar-refractivity contribution < 1.29 is 9.53 Å². The van der Waals surface area contributed by atoms with Gasteiger partial charge in [-0.2, -0.15) is 5.26 Å². The second-order valence-corrected chi connectivity index (χ2v) is 4.62. The number of benzene rings is 1. The first-order valence-electron chi connectivity index (χ1n) is 6.06. The lowest BCUT2D eigenvalue weighted by Crippen LogP contribution is -2.48. The lowest BCUT2D eigenvalue weighted by molar-refractivity contribution is 0.0463. The van der Waals surface area contributed by atoms with Crippen molar-refractivity contribution in [2.24, 2.45) is 0 Å². The highest BCUT2D eigenvalue weighted by atomic mass is 16.5. The highest BCUT2D eigenvalue weighted by molar-refractivity contribution is 5.96. The van der Waals surface area contributed by atoms with Crippen LogP contribution in [0.2, 0.25) is 0 Å². The molecule has 0 saturated carbocycles. The van der Waals surface area contributed by atoms with Gasteiger partial charge in [0.2, 0.25) is 0 Å². The molecule has 1 aliphatic rings. The van der Waals surface area contributed by atoms with Gasteiger partial charge >= 0.3 is 0 Å². The van der Waals surface area contributed by atoms with Gasteiger partial charge in [-0.05, 0) is 19.1 Å². The molecule has 1 fully saturated rings. The predicted molar refractivity (Wildman–Crippen MR) is 67.3 cm³/mol. The molecule has 0 bridgehead atoms. The van der Waals surface area contributed by atoms with Crippen LogP contribution in [0.1, 0.15) is 29.3 Å². The second kappa shape index (κ2) is 5.76. The normalized spacial score (nSPS) is 23.3. The third-order valence-corrected chi connectivity index (χ3v) is 2.97. The number of carbonyl (C=O) groups excluding carboxylic acids is 1. The SMILES string of the molecule is CC1COCC(CC(=O)c2ccc(C#N)cc2)N1. The van der Waals surface area contributed by atoms with Crippen LogP contribution in [0, 0.1) is 11.3 Å². The molecule has 2 unspecified atom stereocenters. The summed E-state index contributed by atoms with van der Waals surface area (Å²) in [5.41, 5.74) is 1.22. The Balaban J connectivity index is 1.96. The van der Waals surface area contributed by atoms with E-state index in [0.29, 0.717) is 30.8 Å². The lowest BCUT2D eigenvalue weighted by atomic mass is 10.0. The van der Waals surface area contributed by atoms with Crippen LogP contribution in [-0.4, -0.2) is 31.1 Å². The molecular formula is C14H16N2O2. The number of ketones is 1. The quantitative estimate of drug-likeness (QED) is 0.819. The van der Waals surface area contributed by atoms with Gasteiger partial charge in [0, 0.05) is 24.1 Å². The summed E-state index contributed by atoms with van der Waals surface area (Å²) >= 11 is 0. The molecule has 1 saturated heterocycles. The summed E-state index contributed by atoms with van der Waals surface area (Å²) in [5, 5.41) is 12.0. The van der Waals surface area contributed by atoms with Gasteiger partial charge in [0.25, 0.3) is 0 Å². The smallest absolute Gasteiger partial charge is 0.164 e. The minimum absolute atomic E-state index is 0.0784. The minimum atomic E-state index is 0.0784. The van der Waals surface area contributed by atoms with Crippen LogP contribution in [-0.2, 0) is 4.74 Å². The molecule has 1 heterocycles. The number of hydrogen-bond donors (Lipinski definition) is 1. The number of Topliss-reactive ketones (excluding diaryl/α,β-unsaturated/α-hetero) is 1. The summed E-state index contributed by atoms with van der Waals surface area (Å²) < 4.78 is 5.41. The summed E-state index contributed by atoms with van der Waals surface area (Å²) in [7, 11) is 0. The summed E-state index contributed by atoms with van der Waals surface area (Å²) in [4.78, 5) is 12.0. The number of ether oxygens (including phenoxy) is 1. The maximum atomic E-state index is 12.0. The molecule has 1 aromatic carbocycles. The van der Waals surface area contributed by atoms with Gasteiger partial charge in [0.15, 0.2) is 5.78 Å². The first-order chi connectivity index (χ1) is 8.69. The second-order valence-electron chi connectivity index (χ2n) is 4.62. The molecule has 1 aromatic rings. The van der Waals surface area contributed by atoms with Crippen molar-refractivity contribution in [2.45, 2.75) is 25.4 Å². The van der Waals surface area contributed by atoms with E-state index in [0.717, 1.165) is 0 Å². The summed E-state index contributed by atoms with van der Waals surface area (Å²) in [5.74, 6) is 0.0784. The number of nitrogens with one attached hydrogen (secondary N) is 1. The molecular weight excluding hydrogens is 228 g/mol. The maximum absolute atomic E-state index is 12.0. The van der Waals surface area contributed by atoms with E-state index in [9.17, 15) is 4.79 Å². The summed E-state index contributed by atoms with van der Waals surface area (Å²) in [6.45, 7) is 3.31. The Labute approximate surface area is 107 Å². The zero-order valence-electron chi connectivity index (χ0n) is 10.3. The largest absolute Gasteiger partial charge is 0.378 e. The Morgan fingerprint density at radius 1 is 1.44 bits per heavy atom. The van der Waals surface area contributed by atoms with Crippen LogP contribution in [0.25, 0.3) is 0 Å². The maximum Gasteiger partial charge on any atom is 0.164 e. The van der Waals surface area contributed by atoms with Crippen LogP contribution < -0.4 is 5.32 Å². The van der Waals surface area contributed by atoms with Gasteiger partial charge in [-0.3, -0.25) is 4.79 Å². The zero-order valence-corrected chi connectivity index (χ0v) is 10.3. The predicted octanol–water partition coefficient (Wildman–Crippen LogP) is 1.51. The van der Waals surface area contributed by atoms with E-state index in [2.05, 4.69) is 5.32 Å².